The molecule has 3 N–H and O–H groups in total. The van der Waals surface area contributed by atoms with E-state index in [1.807, 2.05) is 0 Å². The molecule has 3 rings (SSSR count). The van der Waals surface area contributed by atoms with Gasteiger partial charge in [0, 0.05) is 17.0 Å². The molecule has 0 aliphatic heterocycles. The molecular weight excluding hydrogens is 303 g/mol. The topological polar surface area (TPSA) is 99.9 Å². The van der Waals surface area contributed by atoms with E-state index < -0.39 is 11.9 Å². The fourth-order valence-electron chi connectivity index (χ4n) is 2.11. The number of hydrogen-bond acceptors (Lipinski definition) is 4. The van der Waals surface area contributed by atoms with Crippen LogP contribution in [0.15, 0.2) is 30.3 Å². The molecule has 2 aromatic heterocycles. The Morgan fingerprint density at radius 2 is 2.09 bits per heavy atom. The van der Waals surface area contributed by atoms with Gasteiger partial charge in [-0.3, -0.25) is 9.89 Å². The molecule has 0 aliphatic rings. The number of hydrogen-bond donors (Lipinski definition) is 3. The predicted molar refractivity (Wildman–Crippen MR) is 80.8 cm³/mol. The number of anilines is 1. The molecule has 7 nitrogen and oxygen atoms in total. The molecule has 0 bridgehead atoms. The summed E-state index contributed by atoms with van der Waals surface area (Å²) in [5, 5.41) is 9.43. The zero-order chi connectivity index (χ0) is 16.4. The summed E-state index contributed by atoms with van der Waals surface area (Å²) >= 11 is 0. The average Bonchev–Trinajstić information content (AvgIpc) is 3.13. The van der Waals surface area contributed by atoms with Crippen molar-refractivity contribution in [3.05, 3.63) is 47.5 Å². The maximum Gasteiger partial charge on any atom is 0.356 e. The SMILES string of the molecule is CCOC(=O)c1cc(NC(=O)c2cc3cc(F)ccc3[nH]2)n[nH]1. The number of benzene rings is 1. The second kappa shape index (κ2) is 5.91. The molecule has 0 radical (unpaired) electrons. The van der Waals surface area contributed by atoms with Crippen molar-refractivity contribution >= 4 is 28.6 Å². The lowest BCUT2D eigenvalue weighted by molar-refractivity contribution is 0.0519. The Morgan fingerprint density at radius 1 is 1.26 bits per heavy atom. The smallest absolute Gasteiger partial charge is 0.356 e. The first-order valence-corrected chi connectivity index (χ1v) is 6.89. The third-order valence-electron chi connectivity index (χ3n) is 3.14. The van der Waals surface area contributed by atoms with Crippen molar-refractivity contribution in [2.75, 3.05) is 11.9 Å². The molecule has 1 amide bonds. The minimum Gasteiger partial charge on any atom is -0.461 e. The largest absolute Gasteiger partial charge is 0.461 e. The molecule has 0 aliphatic carbocycles. The summed E-state index contributed by atoms with van der Waals surface area (Å²) in [6, 6.07) is 7.09. The molecule has 0 unspecified atom stereocenters. The van der Waals surface area contributed by atoms with Crippen molar-refractivity contribution in [2.24, 2.45) is 0 Å². The number of aromatic amines is 2. The van der Waals surface area contributed by atoms with Gasteiger partial charge in [-0.1, -0.05) is 0 Å². The van der Waals surface area contributed by atoms with Crippen molar-refractivity contribution in [3.63, 3.8) is 0 Å². The minimum absolute atomic E-state index is 0.140. The number of amides is 1. The van der Waals surface area contributed by atoms with Gasteiger partial charge in [-0.2, -0.15) is 5.10 Å². The molecule has 0 saturated carbocycles. The Balaban J connectivity index is 1.76. The van der Waals surface area contributed by atoms with Gasteiger partial charge in [0.1, 0.15) is 17.2 Å². The Morgan fingerprint density at radius 3 is 2.87 bits per heavy atom. The Kier molecular flexibility index (Phi) is 3.80. The van der Waals surface area contributed by atoms with Gasteiger partial charge in [-0.05, 0) is 31.2 Å². The standard InChI is InChI=1S/C15H13FN4O3/c1-2-23-15(22)12-7-13(20-19-12)18-14(21)11-6-8-5-9(16)3-4-10(8)17-11/h3-7,17H,2H2,1H3,(H2,18,19,20,21). The fraction of sp³-hybridized carbons (Fsp3) is 0.133. The lowest BCUT2D eigenvalue weighted by atomic mass is 10.2. The maximum atomic E-state index is 13.2. The zero-order valence-corrected chi connectivity index (χ0v) is 12.1. The minimum atomic E-state index is -0.554. The van der Waals surface area contributed by atoms with E-state index >= 15 is 0 Å². The van der Waals surface area contributed by atoms with Crippen molar-refractivity contribution in [1.82, 2.24) is 15.2 Å². The summed E-state index contributed by atoms with van der Waals surface area (Å²) in [6.45, 7) is 1.93. The van der Waals surface area contributed by atoms with Crippen LogP contribution in [0.5, 0.6) is 0 Å². The lowest BCUT2D eigenvalue weighted by Crippen LogP contribution is -2.12. The molecule has 0 atom stereocenters. The zero-order valence-electron chi connectivity index (χ0n) is 12.1. The number of nitrogens with one attached hydrogen (secondary N) is 3. The fourth-order valence-corrected chi connectivity index (χ4v) is 2.11. The number of carbonyl (C=O) groups excluding carboxylic acids is 2. The van der Waals surface area contributed by atoms with Gasteiger partial charge in [0.15, 0.2) is 5.82 Å². The number of esters is 1. The van der Waals surface area contributed by atoms with Crippen molar-refractivity contribution in [3.8, 4) is 0 Å². The Labute approximate surface area is 129 Å². The number of rotatable bonds is 4. The lowest BCUT2D eigenvalue weighted by Gasteiger charge is -1.98. The molecule has 0 fully saturated rings. The third kappa shape index (κ3) is 3.05. The number of halogens is 1. The van der Waals surface area contributed by atoms with Gasteiger partial charge in [-0.15, -0.1) is 0 Å². The third-order valence-corrected chi connectivity index (χ3v) is 3.14. The second-order valence-corrected chi connectivity index (χ2v) is 4.76. The molecule has 3 aromatic rings. The van der Waals surface area contributed by atoms with E-state index in [-0.39, 0.29) is 29.6 Å². The molecular formula is C15H13FN4O3. The van der Waals surface area contributed by atoms with Crippen LogP contribution in [0.25, 0.3) is 10.9 Å². The highest BCUT2D eigenvalue weighted by Crippen LogP contribution is 2.17. The van der Waals surface area contributed by atoms with Crippen LogP contribution in [-0.2, 0) is 4.74 Å². The summed E-state index contributed by atoms with van der Waals surface area (Å²) in [6.07, 6.45) is 0. The number of ether oxygens (including phenoxy) is 1. The van der Waals surface area contributed by atoms with Gasteiger partial charge in [0.05, 0.1) is 6.61 Å². The van der Waals surface area contributed by atoms with Crippen LogP contribution in [0.2, 0.25) is 0 Å². The first-order chi connectivity index (χ1) is 11.1. The molecule has 2 heterocycles. The molecule has 8 heteroatoms. The monoisotopic (exact) mass is 316 g/mol. The Hall–Kier alpha value is -3.16. The van der Waals surface area contributed by atoms with Crippen molar-refractivity contribution < 1.29 is 18.7 Å². The summed E-state index contributed by atoms with van der Waals surface area (Å²) in [5.41, 5.74) is 1.04. The molecule has 1 aromatic carbocycles. The molecule has 118 valence electrons. The van der Waals surface area contributed by atoms with Gasteiger partial charge in [0.2, 0.25) is 0 Å². The van der Waals surface area contributed by atoms with E-state index in [9.17, 15) is 14.0 Å². The number of H-pyrrole nitrogens is 2. The Bertz CT molecular complexity index is 884. The van der Waals surface area contributed by atoms with Crippen LogP contribution in [-0.4, -0.2) is 33.7 Å². The quantitative estimate of drug-likeness (QED) is 0.644. The van der Waals surface area contributed by atoms with Gasteiger partial charge >= 0.3 is 5.97 Å². The van der Waals surface area contributed by atoms with Crippen LogP contribution in [0.1, 0.15) is 27.9 Å². The van der Waals surface area contributed by atoms with Gasteiger partial charge in [0.25, 0.3) is 5.91 Å². The molecule has 0 spiro atoms. The average molecular weight is 316 g/mol. The van der Waals surface area contributed by atoms with Crippen molar-refractivity contribution in [1.29, 1.82) is 0 Å². The number of carbonyl (C=O) groups is 2. The maximum absolute atomic E-state index is 13.2. The van der Waals surface area contributed by atoms with E-state index in [2.05, 4.69) is 20.5 Å². The number of aromatic nitrogens is 3. The highest BCUT2D eigenvalue weighted by atomic mass is 19.1. The van der Waals surface area contributed by atoms with Gasteiger partial charge in [-0.25, -0.2) is 9.18 Å². The van der Waals surface area contributed by atoms with Gasteiger partial charge < -0.3 is 15.0 Å². The first-order valence-electron chi connectivity index (χ1n) is 6.89. The predicted octanol–water partition coefficient (Wildman–Crippen LogP) is 2.46. The molecule has 0 saturated heterocycles. The van der Waals surface area contributed by atoms with E-state index in [4.69, 9.17) is 4.74 Å². The van der Waals surface area contributed by atoms with Crippen LogP contribution in [0.4, 0.5) is 10.2 Å². The normalized spacial score (nSPS) is 10.7. The van der Waals surface area contributed by atoms with E-state index in [0.29, 0.717) is 10.9 Å². The molecule has 23 heavy (non-hydrogen) atoms. The van der Waals surface area contributed by atoms with Crippen molar-refractivity contribution in [2.45, 2.75) is 6.92 Å². The summed E-state index contributed by atoms with van der Waals surface area (Å²) in [7, 11) is 0. The van der Waals surface area contributed by atoms with E-state index in [0.717, 1.165) is 0 Å². The summed E-state index contributed by atoms with van der Waals surface area (Å²) in [5.74, 6) is -1.21. The second-order valence-electron chi connectivity index (χ2n) is 4.76. The van der Waals surface area contributed by atoms with E-state index in [1.165, 1.54) is 24.3 Å². The van der Waals surface area contributed by atoms with Crippen LogP contribution < -0.4 is 5.32 Å². The summed E-state index contributed by atoms with van der Waals surface area (Å²) in [4.78, 5) is 26.6. The first kappa shape index (κ1) is 14.8. The van der Waals surface area contributed by atoms with Crippen LogP contribution >= 0.6 is 0 Å². The summed E-state index contributed by atoms with van der Waals surface area (Å²) < 4.78 is 18.0. The van der Waals surface area contributed by atoms with E-state index in [1.54, 1.807) is 13.0 Å². The highest BCUT2D eigenvalue weighted by molar-refractivity contribution is 6.05. The number of nitrogens with zero attached hydrogens (tertiary/aromatic N) is 1. The van der Waals surface area contributed by atoms with Crippen LogP contribution in [0, 0.1) is 5.82 Å². The highest BCUT2D eigenvalue weighted by Gasteiger charge is 2.14. The number of fused-ring (bicyclic) bond motifs is 1. The van der Waals surface area contributed by atoms with Crippen LogP contribution in [0.3, 0.4) is 0 Å².